The van der Waals surface area contributed by atoms with Crippen molar-refractivity contribution in [2.75, 3.05) is 0 Å². The van der Waals surface area contributed by atoms with Crippen LogP contribution in [0.2, 0.25) is 0 Å². The van der Waals surface area contributed by atoms with Gasteiger partial charge >= 0.3 is 0 Å². The van der Waals surface area contributed by atoms with Gasteiger partial charge in [-0.05, 0) is 0 Å². The van der Waals surface area contributed by atoms with Crippen molar-refractivity contribution in [2.45, 2.75) is 0 Å². The smallest absolute Gasteiger partial charge is 0.112 e. The van der Waals surface area contributed by atoms with Crippen LogP contribution in [0.3, 0.4) is 0 Å². The minimum absolute atomic E-state index is 0.0540. The van der Waals surface area contributed by atoms with E-state index in [4.69, 9.17) is 12.0 Å². The van der Waals surface area contributed by atoms with Gasteiger partial charge in [-0.2, -0.15) is 0 Å². The molecule has 0 fully saturated rings. The van der Waals surface area contributed by atoms with Crippen LogP contribution >= 0.6 is 8.01 Å². The third-order valence-electron chi connectivity index (χ3n) is 0.0527. The molecule has 0 bridgehead atoms. The molecule has 0 N–H and O–H groups in total. The number of hydrogen-bond acceptors (Lipinski definition) is 1. The fourth-order valence-electron chi connectivity index (χ4n) is 0. The Morgan fingerprint density at radius 3 is 2.25 bits per heavy atom. The second kappa shape index (κ2) is 3.38. The summed E-state index contributed by atoms with van der Waals surface area (Å²) >= 11 is 0. The first-order chi connectivity index (χ1) is 1.91. The van der Waals surface area contributed by atoms with Crippen molar-refractivity contribution in [3.8, 4) is 0 Å². The lowest BCUT2D eigenvalue weighted by atomic mass is 10.8. The SMILES string of the molecule is [B][Si]P=O. The molecule has 0 aromatic rings. The molecule has 18 valence electrons. The zero-order valence-electron chi connectivity index (χ0n) is 1.93. The van der Waals surface area contributed by atoms with E-state index in [-0.39, 0.29) is 17.1 Å². The molecule has 0 amide bonds. The van der Waals surface area contributed by atoms with Crippen molar-refractivity contribution in [3.63, 3.8) is 0 Å². The Morgan fingerprint density at radius 1 is 2.00 bits per heavy atom. The predicted molar refractivity (Wildman–Crippen MR) is 19.1 cm³/mol. The Bertz CT molecular complexity index is 22.0. The molecule has 0 unspecified atom stereocenters. The van der Waals surface area contributed by atoms with Crippen molar-refractivity contribution in [3.05, 3.63) is 0 Å². The van der Waals surface area contributed by atoms with Gasteiger partial charge in [-0.3, -0.25) is 4.57 Å². The van der Waals surface area contributed by atoms with Gasteiger partial charge in [-0.1, -0.05) is 0 Å². The Hall–Kier alpha value is 0.382. The molecule has 1 nitrogen and oxygen atoms in total. The van der Waals surface area contributed by atoms with Crippen LogP contribution in [0.1, 0.15) is 0 Å². The van der Waals surface area contributed by atoms with Crippen LogP contribution < -0.4 is 0 Å². The third-order valence-corrected chi connectivity index (χ3v) is 0.474. The van der Waals surface area contributed by atoms with Crippen LogP contribution in [0.25, 0.3) is 0 Å². The Labute approximate surface area is 30.0 Å². The Morgan fingerprint density at radius 2 is 2.25 bits per heavy atom. The first kappa shape index (κ1) is 4.38. The molecule has 0 saturated heterocycles. The lowest BCUT2D eigenvalue weighted by Gasteiger charge is -1.44. The van der Waals surface area contributed by atoms with E-state index >= 15 is 0 Å². The van der Waals surface area contributed by atoms with Crippen LogP contribution in [0.15, 0.2) is 0 Å². The minimum atomic E-state index is 0.0540. The zero-order chi connectivity index (χ0) is 3.41. The van der Waals surface area contributed by atoms with Crippen molar-refractivity contribution in [2.24, 2.45) is 0 Å². The maximum absolute atomic E-state index is 9.16. The molecule has 4 radical (unpaired) electrons. The van der Waals surface area contributed by atoms with E-state index in [0.717, 1.165) is 0 Å². The predicted octanol–water partition coefficient (Wildman–Crippen LogP) is -0.0192. The molecule has 0 aromatic heterocycles. The highest BCUT2D eigenvalue weighted by Crippen LogP contribution is 1.74. The molecule has 0 spiro atoms. The topological polar surface area (TPSA) is 17.1 Å². The molecule has 0 saturated carbocycles. The molecular weight excluding hydrogens is 85.9 g/mol. The van der Waals surface area contributed by atoms with Gasteiger partial charge in [0.1, 0.15) is 17.1 Å². The fourth-order valence-corrected chi connectivity index (χ4v) is 0. The molecule has 0 aliphatic heterocycles. The summed E-state index contributed by atoms with van der Waals surface area (Å²) in [5, 5.41) is 0. The van der Waals surface area contributed by atoms with Crippen LogP contribution in [-0.2, 0) is 4.57 Å². The molecular formula is BOPSi. The summed E-state index contributed by atoms with van der Waals surface area (Å²) in [6.45, 7) is 0. The van der Waals surface area contributed by atoms with E-state index in [1.165, 1.54) is 0 Å². The summed E-state index contributed by atoms with van der Waals surface area (Å²) in [5.74, 6) is 0. The van der Waals surface area contributed by atoms with Gasteiger partial charge in [-0.15, -0.1) is 0 Å². The Balaban J connectivity index is 2.30. The van der Waals surface area contributed by atoms with Crippen molar-refractivity contribution >= 4 is 24.5 Å². The summed E-state index contributed by atoms with van der Waals surface area (Å²) in [7, 11) is 4.84. The zero-order valence-corrected chi connectivity index (χ0v) is 3.83. The van der Waals surface area contributed by atoms with Crippen LogP contribution in [-0.4, -0.2) is 16.5 Å². The van der Waals surface area contributed by atoms with Crippen LogP contribution in [0.4, 0.5) is 0 Å². The number of rotatable bonds is 1. The van der Waals surface area contributed by atoms with Crippen molar-refractivity contribution in [1.29, 1.82) is 0 Å². The highest BCUT2D eigenvalue weighted by Gasteiger charge is 1.59. The van der Waals surface area contributed by atoms with Crippen molar-refractivity contribution in [1.82, 2.24) is 0 Å². The lowest BCUT2D eigenvalue weighted by Crippen LogP contribution is -1.64. The molecule has 0 heterocycles. The van der Waals surface area contributed by atoms with E-state index in [1.807, 2.05) is 0 Å². The summed E-state index contributed by atoms with van der Waals surface area (Å²) in [6.07, 6.45) is 0. The summed E-state index contributed by atoms with van der Waals surface area (Å²) < 4.78 is 9.16. The van der Waals surface area contributed by atoms with E-state index in [0.29, 0.717) is 0 Å². The Kier molecular flexibility index (Phi) is 3.70. The quantitative estimate of drug-likeness (QED) is 0.323. The second-order valence-corrected chi connectivity index (χ2v) is 1.98. The summed E-state index contributed by atoms with van der Waals surface area (Å²) in [6, 6.07) is 0. The van der Waals surface area contributed by atoms with Gasteiger partial charge in [-0.25, -0.2) is 0 Å². The van der Waals surface area contributed by atoms with E-state index in [1.54, 1.807) is 0 Å². The molecule has 4 heteroatoms. The lowest BCUT2D eigenvalue weighted by molar-refractivity contribution is 0.605. The normalized spacial score (nSPS) is 8.00. The molecule has 0 rings (SSSR count). The molecule has 0 aliphatic carbocycles. The van der Waals surface area contributed by atoms with E-state index in [9.17, 15) is 0 Å². The van der Waals surface area contributed by atoms with Gasteiger partial charge in [0.05, 0.1) is 7.44 Å². The summed E-state index contributed by atoms with van der Waals surface area (Å²) in [5.41, 5.74) is 0. The second-order valence-electron chi connectivity index (χ2n) is 0.220. The van der Waals surface area contributed by atoms with Gasteiger partial charge in [0.2, 0.25) is 0 Å². The first-order valence-electron chi connectivity index (χ1n) is 0.695. The van der Waals surface area contributed by atoms with Gasteiger partial charge in [0.15, 0.2) is 0 Å². The average Bonchev–Trinajstić information content (AvgIpc) is 1.37. The van der Waals surface area contributed by atoms with Gasteiger partial charge in [0.25, 0.3) is 0 Å². The van der Waals surface area contributed by atoms with Gasteiger partial charge < -0.3 is 0 Å². The molecule has 4 heavy (non-hydrogen) atoms. The van der Waals surface area contributed by atoms with Gasteiger partial charge in [0, 0.05) is 0 Å². The fraction of sp³-hybridized carbons (Fsp3) is 0. The van der Waals surface area contributed by atoms with Crippen molar-refractivity contribution < 1.29 is 4.57 Å². The highest BCUT2D eigenvalue weighted by atomic mass is 31.3. The first-order valence-corrected chi connectivity index (χ1v) is 3.43. The van der Waals surface area contributed by atoms with Crippen LogP contribution in [0.5, 0.6) is 0 Å². The maximum atomic E-state index is 9.16. The largest absolute Gasteiger partial charge is 0.284 e. The summed E-state index contributed by atoms with van der Waals surface area (Å²) in [4.78, 5) is 0. The molecule has 0 atom stereocenters. The van der Waals surface area contributed by atoms with Crippen LogP contribution in [0, 0.1) is 0 Å². The third kappa shape index (κ3) is 2.38. The number of hydrogen-bond donors (Lipinski definition) is 0. The average molecular weight is 85.9 g/mol. The van der Waals surface area contributed by atoms with E-state index < -0.39 is 0 Å². The minimum Gasteiger partial charge on any atom is -0.284 e. The standard InChI is InChI=1S/BOPSi/c1-4-3-2. The maximum Gasteiger partial charge on any atom is 0.112 e. The van der Waals surface area contributed by atoms with E-state index in [2.05, 4.69) is 0 Å². The monoisotopic (exact) mass is 86.0 g/mol. The highest BCUT2D eigenvalue weighted by molar-refractivity contribution is 7.69. The molecule has 0 aliphatic rings. The molecule has 0 aromatic carbocycles.